The molecule has 4 rings (SSSR count). The first-order valence-corrected chi connectivity index (χ1v) is 11.0. The Balaban J connectivity index is 1.56. The normalized spacial score (nSPS) is 10.5. The second kappa shape index (κ2) is 9.93. The van der Waals surface area contributed by atoms with Gasteiger partial charge in [0.15, 0.2) is 6.61 Å². The van der Waals surface area contributed by atoms with Crippen LogP contribution in [0.25, 0.3) is 16.3 Å². The molecule has 0 saturated heterocycles. The summed E-state index contributed by atoms with van der Waals surface area (Å²) in [5, 5.41) is 12.2. The maximum atomic E-state index is 13.2. The lowest BCUT2D eigenvalue weighted by molar-refractivity contribution is -0.122. The van der Waals surface area contributed by atoms with E-state index in [1.807, 2.05) is 54.8 Å². The zero-order valence-electron chi connectivity index (χ0n) is 17.4. The molecule has 0 aliphatic rings. The van der Waals surface area contributed by atoms with E-state index in [2.05, 4.69) is 15.7 Å². The summed E-state index contributed by atoms with van der Waals surface area (Å²) in [5.41, 5.74) is 2.51. The third kappa shape index (κ3) is 5.04. The molecular formula is C24H22N4O3S. The molecule has 0 radical (unpaired) electrons. The van der Waals surface area contributed by atoms with E-state index < -0.39 is 0 Å². The largest absolute Gasteiger partial charge is 0.484 e. The van der Waals surface area contributed by atoms with Crippen LogP contribution < -0.4 is 15.4 Å². The number of nitrogens with one attached hydrogen (secondary N) is 2. The number of para-hydroxylation sites is 1. The summed E-state index contributed by atoms with van der Waals surface area (Å²) in [6.45, 7) is 2.30. The number of hydrogen-bond donors (Lipinski definition) is 2. The lowest BCUT2D eigenvalue weighted by Gasteiger charge is -2.09. The van der Waals surface area contributed by atoms with Gasteiger partial charge in [0.2, 0.25) is 0 Å². The van der Waals surface area contributed by atoms with Crippen LogP contribution in [0.5, 0.6) is 5.75 Å². The van der Waals surface area contributed by atoms with Crippen LogP contribution >= 0.6 is 11.3 Å². The molecule has 0 spiro atoms. The van der Waals surface area contributed by atoms with Crippen molar-refractivity contribution in [3.8, 4) is 22.0 Å². The highest BCUT2D eigenvalue weighted by molar-refractivity contribution is 7.13. The zero-order chi connectivity index (χ0) is 22.3. The Morgan fingerprint density at radius 2 is 1.91 bits per heavy atom. The summed E-state index contributed by atoms with van der Waals surface area (Å²) in [5.74, 6) is 0.0137. The second-order valence-electron chi connectivity index (χ2n) is 6.87. The van der Waals surface area contributed by atoms with Gasteiger partial charge in [-0.25, -0.2) is 4.68 Å². The van der Waals surface area contributed by atoms with Crippen LogP contribution in [-0.2, 0) is 4.79 Å². The molecule has 2 N–H and O–H groups in total. The fourth-order valence-corrected chi connectivity index (χ4v) is 3.83. The first kappa shape index (κ1) is 21.3. The van der Waals surface area contributed by atoms with Crippen LogP contribution in [0.4, 0.5) is 5.69 Å². The minimum Gasteiger partial charge on any atom is -0.484 e. The van der Waals surface area contributed by atoms with Crippen LogP contribution in [0.1, 0.15) is 17.3 Å². The number of likely N-dealkylation sites (N-methyl/N-ethyl adjacent to an activating group) is 1. The van der Waals surface area contributed by atoms with E-state index in [0.717, 1.165) is 10.6 Å². The summed E-state index contributed by atoms with van der Waals surface area (Å²) in [6.07, 6.45) is 1.73. The van der Waals surface area contributed by atoms with Gasteiger partial charge < -0.3 is 15.4 Å². The average molecular weight is 447 g/mol. The number of benzene rings is 2. The SMILES string of the molecule is CCNC(=O)COc1cccc(NC(=O)c2cn(-c3ccccc3)nc2-c2cccs2)c1. The molecule has 0 saturated carbocycles. The molecule has 0 atom stereocenters. The van der Waals surface area contributed by atoms with Crippen molar-refractivity contribution >= 4 is 28.8 Å². The van der Waals surface area contributed by atoms with Crippen molar-refractivity contribution in [3.05, 3.63) is 83.9 Å². The van der Waals surface area contributed by atoms with Crippen molar-refractivity contribution in [2.24, 2.45) is 0 Å². The predicted octanol–water partition coefficient (Wildman–Crippen LogP) is 4.37. The minimum absolute atomic E-state index is 0.0857. The minimum atomic E-state index is -0.281. The number of aromatic nitrogens is 2. The Bertz CT molecular complexity index is 1200. The highest BCUT2D eigenvalue weighted by Crippen LogP contribution is 2.28. The summed E-state index contributed by atoms with van der Waals surface area (Å²) < 4.78 is 7.22. The molecule has 0 aliphatic heterocycles. The van der Waals surface area contributed by atoms with Crippen molar-refractivity contribution in [1.29, 1.82) is 0 Å². The maximum absolute atomic E-state index is 13.2. The summed E-state index contributed by atoms with van der Waals surface area (Å²) >= 11 is 1.52. The number of amides is 2. The highest BCUT2D eigenvalue weighted by atomic mass is 32.1. The molecule has 0 aliphatic carbocycles. The Kier molecular flexibility index (Phi) is 6.62. The van der Waals surface area contributed by atoms with Crippen molar-refractivity contribution < 1.29 is 14.3 Å². The lowest BCUT2D eigenvalue weighted by atomic mass is 10.2. The molecule has 7 nitrogen and oxygen atoms in total. The van der Waals surface area contributed by atoms with Gasteiger partial charge in [0.05, 0.1) is 16.1 Å². The fraction of sp³-hybridized carbons (Fsp3) is 0.125. The van der Waals surface area contributed by atoms with Gasteiger partial charge in [0.1, 0.15) is 11.4 Å². The van der Waals surface area contributed by atoms with Crippen molar-refractivity contribution in [3.63, 3.8) is 0 Å². The van der Waals surface area contributed by atoms with E-state index in [0.29, 0.717) is 29.2 Å². The molecular weight excluding hydrogens is 424 g/mol. The Labute approximate surface area is 189 Å². The number of carbonyl (C=O) groups excluding carboxylic acids is 2. The van der Waals surface area contributed by atoms with E-state index >= 15 is 0 Å². The molecule has 2 amide bonds. The van der Waals surface area contributed by atoms with Gasteiger partial charge in [0, 0.05) is 24.5 Å². The molecule has 0 unspecified atom stereocenters. The Morgan fingerprint density at radius 1 is 1.06 bits per heavy atom. The monoisotopic (exact) mass is 446 g/mol. The summed E-state index contributed by atoms with van der Waals surface area (Å²) in [4.78, 5) is 25.7. The topological polar surface area (TPSA) is 85.3 Å². The zero-order valence-corrected chi connectivity index (χ0v) is 18.3. The molecule has 8 heteroatoms. The number of ether oxygens (including phenoxy) is 1. The van der Waals surface area contributed by atoms with E-state index in [1.165, 1.54) is 11.3 Å². The second-order valence-corrected chi connectivity index (χ2v) is 7.82. The molecule has 2 heterocycles. The molecule has 32 heavy (non-hydrogen) atoms. The van der Waals surface area contributed by atoms with Gasteiger partial charge in [-0.1, -0.05) is 30.3 Å². The van der Waals surface area contributed by atoms with Gasteiger partial charge in [0.25, 0.3) is 11.8 Å². The molecule has 162 valence electrons. The van der Waals surface area contributed by atoms with Crippen LogP contribution in [-0.4, -0.2) is 34.7 Å². The lowest BCUT2D eigenvalue weighted by Crippen LogP contribution is -2.28. The fourth-order valence-electron chi connectivity index (χ4n) is 3.11. The number of carbonyl (C=O) groups is 2. The highest BCUT2D eigenvalue weighted by Gasteiger charge is 2.19. The van der Waals surface area contributed by atoms with Gasteiger partial charge in [-0.3, -0.25) is 9.59 Å². The van der Waals surface area contributed by atoms with Crippen LogP contribution in [0.3, 0.4) is 0 Å². The van der Waals surface area contributed by atoms with Crippen molar-refractivity contribution in [2.45, 2.75) is 6.92 Å². The van der Waals surface area contributed by atoms with Crippen molar-refractivity contribution in [1.82, 2.24) is 15.1 Å². The maximum Gasteiger partial charge on any atom is 0.259 e. The Morgan fingerprint density at radius 3 is 2.66 bits per heavy atom. The van der Waals surface area contributed by atoms with E-state index in [-0.39, 0.29) is 18.4 Å². The first-order chi connectivity index (χ1) is 15.6. The molecule has 0 fully saturated rings. The van der Waals surface area contributed by atoms with Crippen LogP contribution in [0.15, 0.2) is 78.3 Å². The van der Waals surface area contributed by atoms with Crippen LogP contribution in [0, 0.1) is 0 Å². The molecule has 0 bridgehead atoms. The summed E-state index contributed by atoms with van der Waals surface area (Å²) in [7, 11) is 0. The number of thiophene rings is 1. The van der Waals surface area contributed by atoms with Crippen molar-refractivity contribution in [2.75, 3.05) is 18.5 Å². The molecule has 4 aromatic rings. The number of rotatable bonds is 8. The van der Waals surface area contributed by atoms with Gasteiger partial charge in [-0.2, -0.15) is 5.10 Å². The number of hydrogen-bond acceptors (Lipinski definition) is 5. The Hall–Kier alpha value is -3.91. The molecule has 2 aromatic heterocycles. The third-order valence-corrected chi connectivity index (χ3v) is 5.45. The molecule has 2 aromatic carbocycles. The quantitative estimate of drug-likeness (QED) is 0.421. The number of nitrogens with zero attached hydrogens (tertiary/aromatic N) is 2. The van der Waals surface area contributed by atoms with E-state index in [1.54, 1.807) is 35.1 Å². The summed E-state index contributed by atoms with van der Waals surface area (Å²) in [6, 6.07) is 20.5. The third-order valence-electron chi connectivity index (χ3n) is 4.57. The smallest absolute Gasteiger partial charge is 0.259 e. The van der Waals surface area contributed by atoms with E-state index in [9.17, 15) is 9.59 Å². The number of anilines is 1. The van der Waals surface area contributed by atoms with E-state index in [4.69, 9.17) is 4.74 Å². The predicted molar refractivity (Wildman–Crippen MR) is 125 cm³/mol. The van der Waals surface area contributed by atoms with Gasteiger partial charge in [-0.15, -0.1) is 11.3 Å². The standard InChI is InChI=1S/C24H22N4O3S/c1-2-25-22(29)16-31-19-11-6-8-17(14-19)26-24(30)20-15-28(18-9-4-3-5-10-18)27-23(20)21-12-7-13-32-21/h3-15H,2,16H2,1H3,(H,25,29)(H,26,30). The first-order valence-electron chi connectivity index (χ1n) is 10.1. The van der Waals surface area contributed by atoms with Crippen LogP contribution in [0.2, 0.25) is 0 Å². The van der Waals surface area contributed by atoms with Gasteiger partial charge >= 0.3 is 0 Å². The average Bonchev–Trinajstić information content (AvgIpc) is 3.49. The van der Waals surface area contributed by atoms with Gasteiger partial charge in [-0.05, 0) is 42.6 Å².